The summed E-state index contributed by atoms with van der Waals surface area (Å²) in [5, 5.41) is 2.73. The van der Waals surface area contributed by atoms with E-state index >= 15 is 0 Å². The van der Waals surface area contributed by atoms with Gasteiger partial charge >= 0.3 is 0 Å². The van der Waals surface area contributed by atoms with Crippen LogP contribution in [0.5, 0.6) is 0 Å². The van der Waals surface area contributed by atoms with Crippen LogP contribution >= 0.6 is 0 Å². The zero-order chi connectivity index (χ0) is 13.5. The SMILES string of the molecule is CC(=O)NCCC=Cc1cnc(-n2ccnc2)nc1. The molecule has 0 aromatic carbocycles. The van der Waals surface area contributed by atoms with E-state index in [2.05, 4.69) is 20.3 Å². The molecule has 6 nitrogen and oxygen atoms in total. The van der Waals surface area contributed by atoms with E-state index in [4.69, 9.17) is 0 Å². The van der Waals surface area contributed by atoms with E-state index < -0.39 is 0 Å². The van der Waals surface area contributed by atoms with Crippen LogP contribution in [0.3, 0.4) is 0 Å². The third-order valence-electron chi connectivity index (χ3n) is 2.39. The molecule has 0 unspecified atom stereocenters. The van der Waals surface area contributed by atoms with Crippen LogP contribution in [-0.2, 0) is 4.79 Å². The molecule has 2 aromatic heterocycles. The number of amides is 1. The Bertz CT molecular complexity index is 545. The highest BCUT2D eigenvalue weighted by Gasteiger charge is 1.97. The molecule has 98 valence electrons. The van der Waals surface area contributed by atoms with Gasteiger partial charge in [-0.25, -0.2) is 15.0 Å². The standard InChI is InChI=1S/C13H15N5O/c1-11(19)15-5-3-2-4-12-8-16-13(17-9-12)18-7-6-14-10-18/h2,4,6-10H,3,5H2,1H3,(H,15,19). The second-order valence-electron chi connectivity index (χ2n) is 3.96. The normalized spacial score (nSPS) is 10.8. The average Bonchev–Trinajstić information content (AvgIpc) is 2.93. The molecule has 0 saturated heterocycles. The second-order valence-corrected chi connectivity index (χ2v) is 3.96. The van der Waals surface area contributed by atoms with Crippen molar-refractivity contribution in [2.24, 2.45) is 0 Å². The first kappa shape index (κ1) is 12.9. The van der Waals surface area contributed by atoms with Crippen LogP contribution in [-0.4, -0.2) is 32.0 Å². The summed E-state index contributed by atoms with van der Waals surface area (Å²) < 4.78 is 1.74. The van der Waals surface area contributed by atoms with E-state index in [1.807, 2.05) is 12.2 Å². The average molecular weight is 257 g/mol. The maximum atomic E-state index is 10.7. The van der Waals surface area contributed by atoms with E-state index in [0.29, 0.717) is 12.5 Å². The van der Waals surface area contributed by atoms with Gasteiger partial charge in [0, 0.05) is 43.8 Å². The number of nitrogens with zero attached hydrogens (tertiary/aromatic N) is 4. The van der Waals surface area contributed by atoms with Crippen LogP contribution in [0, 0.1) is 0 Å². The number of hydrogen-bond acceptors (Lipinski definition) is 4. The van der Waals surface area contributed by atoms with Gasteiger partial charge in [0.1, 0.15) is 6.33 Å². The number of rotatable bonds is 5. The number of carbonyl (C=O) groups excluding carboxylic acids is 1. The molecule has 0 atom stereocenters. The van der Waals surface area contributed by atoms with Crippen LogP contribution < -0.4 is 5.32 Å². The molecule has 0 aliphatic carbocycles. The van der Waals surface area contributed by atoms with Gasteiger partial charge in [0.05, 0.1) is 0 Å². The van der Waals surface area contributed by atoms with Crippen molar-refractivity contribution in [3.8, 4) is 5.95 Å². The first-order valence-electron chi connectivity index (χ1n) is 5.97. The minimum absolute atomic E-state index is 0.0126. The Kier molecular flexibility index (Phi) is 4.39. The van der Waals surface area contributed by atoms with Gasteiger partial charge in [0.2, 0.25) is 11.9 Å². The molecular weight excluding hydrogens is 242 g/mol. The lowest BCUT2D eigenvalue weighted by molar-refractivity contribution is -0.118. The van der Waals surface area contributed by atoms with Crippen molar-refractivity contribution in [1.29, 1.82) is 0 Å². The lowest BCUT2D eigenvalue weighted by Gasteiger charge is -1.99. The first-order chi connectivity index (χ1) is 9.25. The maximum absolute atomic E-state index is 10.7. The topological polar surface area (TPSA) is 72.7 Å². The van der Waals surface area contributed by atoms with Gasteiger partial charge in [-0.2, -0.15) is 0 Å². The summed E-state index contributed by atoms with van der Waals surface area (Å²) >= 11 is 0. The zero-order valence-electron chi connectivity index (χ0n) is 10.7. The molecular formula is C13H15N5O. The highest BCUT2D eigenvalue weighted by atomic mass is 16.1. The minimum atomic E-state index is -0.0126. The third kappa shape index (κ3) is 4.02. The Labute approximate surface area is 111 Å². The van der Waals surface area contributed by atoms with Crippen molar-refractivity contribution in [3.63, 3.8) is 0 Å². The van der Waals surface area contributed by atoms with Crippen molar-refractivity contribution >= 4 is 12.0 Å². The van der Waals surface area contributed by atoms with E-state index in [1.165, 1.54) is 6.92 Å². The molecule has 19 heavy (non-hydrogen) atoms. The van der Waals surface area contributed by atoms with Gasteiger partial charge in [0.15, 0.2) is 0 Å². The molecule has 0 bridgehead atoms. The van der Waals surface area contributed by atoms with Crippen molar-refractivity contribution in [3.05, 3.63) is 42.8 Å². The van der Waals surface area contributed by atoms with E-state index in [0.717, 1.165) is 12.0 Å². The van der Waals surface area contributed by atoms with Crippen LogP contribution in [0.4, 0.5) is 0 Å². The fourth-order valence-corrected chi connectivity index (χ4v) is 1.48. The fraction of sp³-hybridized carbons (Fsp3) is 0.231. The summed E-state index contributed by atoms with van der Waals surface area (Å²) in [4.78, 5) is 23.1. The van der Waals surface area contributed by atoms with E-state index in [-0.39, 0.29) is 5.91 Å². The van der Waals surface area contributed by atoms with Crippen LogP contribution in [0.2, 0.25) is 0 Å². The molecule has 1 amide bonds. The Morgan fingerprint density at radius 3 is 2.84 bits per heavy atom. The smallest absolute Gasteiger partial charge is 0.234 e. The van der Waals surface area contributed by atoms with Crippen LogP contribution in [0.25, 0.3) is 12.0 Å². The molecule has 0 radical (unpaired) electrons. The quantitative estimate of drug-likeness (QED) is 0.817. The molecule has 0 aliphatic rings. The molecule has 2 rings (SSSR count). The molecule has 0 aliphatic heterocycles. The summed E-state index contributed by atoms with van der Waals surface area (Å²) in [6, 6.07) is 0. The van der Waals surface area contributed by atoms with Gasteiger partial charge < -0.3 is 5.32 Å². The number of nitrogens with one attached hydrogen (secondary N) is 1. The number of aromatic nitrogens is 4. The highest BCUT2D eigenvalue weighted by molar-refractivity contribution is 5.72. The molecule has 2 heterocycles. The van der Waals surface area contributed by atoms with Crippen molar-refractivity contribution in [2.75, 3.05) is 6.54 Å². The van der Waals surface area contributed by atoms with Gasteiger partial charge in [-0.05, 0) is 6.42 Å². The number of imidazole rings is 1. The molecule has 2 aromatic rings. The van der Waals surface area contributed by atoms with Crippen molar-refractivity contribution < 1.29 is 4.79 Å². The Morgan fingerprint density at radius 2 is 2.21 bits per heavy atom. The number of carbonyl (C=O) groups is 1. The molecule has 0 saturated carbocycles. The monoisotopic (exact) mass is 257 g/mol. The molecule has 0 spiro atoms. The summed E-state index contributed by atoms with van der Waals surface area (Å²) in [7, 11) is 0. The van der Waals surface area contributed by atoms with Crippen molar-refractivity contribution in [1.82, 2.24) is 24.8 Å². The van der Waals surface area contributed by atoms with E-state index in [1.54, 1.807) is 35.7 Å². The Hall–Kier alpha value is -2.50. The lowest BCUT2D eigenvalue weighted by atomic mass is 10.3. The third-order valence-corrected chi connectivity index (χ3v) is 2.39. The Morgan fingerprint density at radius 1 is 1.42 bits per heavy atom. The highest BCUT2D eigenvalue weighted by Crippen LogP contribution is 2.03. The summed E-state index contributed by atoms with van der Waals surface area (Å²) in [5.41, 5.74) is 0.923. The van der Waals surface area contributed by atoms with Gasteiger partial charge in [-0.1, -0.05) is 12.2 Å². The van der Waals surface area contributed by atoms with Crippen LogP contribution in [0.1, 0.15) is 18.9 Å². The van der Waals surface area contributed by atoms with Crippen molar-refractivity contribution in [2.45, 2.75) is 13.3 Å². The second kappa shape index (κ2) is 6.44. The van der Waals surface area contributed by atoms with Gasteiger partial charge in [-0.3, -0.25) is 9.36 Å². The predicted octanol–water partition coefficient (Wildman–Crippen LogP) is 1.20. The molecule has 0 fully saturated rings. The zero-order valence-corrected chi connectivity index (χ0v) is 10.7. The van der Waals surface area contributed by atoms with E-state index in [9.17, 15) is 4.79 Å². The molecule has 6 heteroatoms. The number of hydrogen-bond donors (Lipinski definition) is 1. The van der Waals surface area contributed by atoms with Crippen LogP contribution in [0.15, 0.2) is 37.2 Å². The lowest BCUT2D eigenvalue weighted by Crippen LogP contribution is -2.20. The van der Waals surface area contributed by atoms with Gasteiger partial charge in [-0.15, -0.1) is 0 Å². The summed E-state index contributed by atoms with van der Waals surface area (Å²) in [6.45, 7) is 2.15. The fourth-order valence-electron chi connectivity index (χ4n) is 1.48. The largest absolute Gasteiger partial charge is 0.356 e. The maximum Gasteiger partial charge on any atom is 0.234 e. The van der Waals surface area contributed by atoms with Gasteiger partial charge in [0.25, 0.3) is 0 Å². The Balaban J connectivity index is 1.88. The predicted molar refractivity (Wildman–Crippen MR) is 71.5 cm³/mol. The molecule has 1 N–H and O–H groups in total. The summed E-state index contributed by atoms with van der Waals surface area (Å²) in [5.74, 6) is 0.578. The minimum Gasteiger partial charge on any atom is -0.356 e. The first-order valence-corrected chi connectivity index (χ1v) is 5.97. The summed E-state index contributed by atoms with van der Waals surface area (Å²) in [6.07, 6.45) is 13.3.